The van der Waals surface area contributed by atoms with Crippen molar-refractivity contribution < 1.29 is 30.0 Å². The van der Waals surface area contributed by atoms with E-state index < -0.39 is 42.4 Å². The molecule has 3 aromatic rings. The number of hydrogen-bond acceptors (Lipinski definition) is 4. The number of anilines is 2. The van der Waals surface area contributed by atoms with Crippen molar-refractivity contribution in [2.24, 2.45) is 0 Å². The summed E-state index contributed by atoms with van der Waals surface area (Å²) in [7, 11) is -7.37. The minimum absolute atomic E-state index is 0.207. The zero-order chi connectivity index (χ0) is 22.1. The molecule has 3 rings (SSSR count). The summed E-state index contributed by atoms with van der Waals surface area (Å²) in [5.41, 5.74) is 0.175. The average Bonchev–Trinajstić information content (AvgIpc) is 2.71. The highest BCUT2D eigenvalue weighted by atomic mass is 32.2. The molecule has 0 aliphatic carbocycles. The third kappa shape index (κ3) is 4.12. The van der Waals surface area contributed by atoms with Crippen molar-refractivity contribution in [2.75, 3.05) is 16.1 Å². The summed E-state index contributed by atoms with van der Waals surface area (Å²) >= 11 is 0. The normalized spacial score (nSPS) is 11.9. The second-order valence-corrected chi connectivity index (χ2v) is 9.73. The lowest BCUT2D eigenvalue weighted by Crippen LogP contribution is -2.26. The first kappa shape index (κ1) is 21.7. The van der Waals surface area contributed by atoms with Crippen LogP contribution in [0.15, 0.2) is 76.5 Å². The van der Waals surface area contributed by atoms with Crippen molar-refractivity contribution in [2.45, 2.75) is 9.79 Å². The van der Waals surface area contributed by atoms with Crippen molar-refractivity contribution in [3.63, 3.8) is 0 Å². The van der Waals surface area contributed by atoms with E-state index in [1.54, 1.807) is 30.3 Å². The van der Waals surface area contributed by atoms with Gasteiger partial charge in [-0.1, -0.05) is 24.3 Å². The van der Waals surface area contributed by atoms with E-state index >= 15 is 0 Å². The third-order valence-electron chi connectivity index (χ3n) is 4.15. The molecule has 0 saturated carbocycles. The lowest BCUT2D eigenvalue weighted by molar-refractivity contribution is 0.432. The Hall–Kier alpha value is -3.05. The monoisotopic (exact) mass is 456 g/mol. The van der Waals surface area contributed by atoms with Crippen LogP contribution in [0.2, 0.25) is 0 Å². The number of hydrogen-bond donors (Lipinski definition) is 1. The number of para-hydroxylation sites is 1. The Kier molecular flexibility index (Phi) is 5.77. The molecular formula is C19H15F3N2O4S2. The summed E-state index contributed by atoms with van der Waals surface area (Å²) in [6, 6.07) is 14.0. The van der Waals surface area contributed by atoms with Crippen LogP contribution in [0, 0.1) is 17.5 Å². The Morgan fingerprint density at radius 2 is 1.47 bits per heavy atom. The van der Waals surface area contributed by atoms with Crippen LogP contribution in [0.25, 0.3) is 0 Å². The van der Waals surface area contributed by atoms with Crippen LogP contribution in [0.5, 0.6) is 0 Å². The van der Waals surface area contributed by atoms with Crippen LogP contribution in [0.3, 0.4) is 0 Å². The first-order valence-electron chi connectivity index (χ1n) is 8.34. The molecule has 3 aromatic carbocycles. The SMILES string of the molecule is CN(c1ccccc1)S(=O)(=O)c1cccc(NS(=O)(=O)c2ccc(F)c(F)c2F)c1. The molecule has 0 aliphatic heterocycles. The van der Waals surface area contributed by atoms with Crippen molar-refractivity contribution in [3.05, 3.63) is 84.2 Å². The van der Waals surface area contributed by atoms with E-state index in [4.69, 9.17) is 0 Å². The summed E-state index contributed by atoms with van der Waals surface area (Å²) in [5, 5.41) is 0. The van der Waals surface area contributed by atoms with Crippen LogP contribution >= 0.6 is 0 Å². The van der Waals surface area contributed by atoms with Crippen LogP contribution in [-0.2, 0) is 20.0 Å². The summed E-state index contributed by atoms with van der Waals surface area (Å²) < 4.78 is 93.9. The van der Waals surface area contributed by atoms with E-state index in [9.17, 15) is 30.0 Å². The van der Waals surface area contributed by atoms with Gasteiger partial charge in [0.15, 0.2) is 17.5 Å². The molecule has 30 heavy (non-hydrogen) atoms. The lowest BCUT2D eigenvalue weighted by Gasteiger charge is -2.20. The molecule has 0 saturated heterocycles. The fourth-order valence-electron chi connectivity index (χ4n) is 2.58. The van der Waals surface area contributed by atoms with Gasteiger partial charge in [-0.15, -0.1) is 0 Å². The quantitative estimate of drug-likeness (QED) is 0.573. The second-order valence-electron chi connectivity index (χ2n) is 6.11. The summed E-state index contributed by atoms with van der Waals surface area (Å²) in [4.78, 5) is -1.35. The molecule has 0 aromatic heterocycles. The van der Waals surface area contributed by atoms with Crippen LogP contribution in [0.4, 0.5) is 24.5 Å². The maximum atomic E-state index is 13.9. The Balaban J connectivity index is 1.95. The standard InChI is InChI=1S/C19H15F3N2O4S2/c1-24(14-7-3-2-4-8-14)30(27,28)15-9-5-6-13(12-15)23-29(25,26)17-11-10-16(20)18(21)19(17)22/h2-12,23H,1H3. The molecule has 0 bridgehead atoms. The molecule has 11 heteroatoms. The van der Waals surface area contributed by atoms with Gasteiger partial charge in [-0.25, -0.2) is 30.0 Å². The highest BCUT2D eigenvalue weighted by molar-refractivity contribution is 7.93. The molecule has 0 atom stereocenters. The minimum Gasteiger partial charge on any atom is -0.279 e. The highest BCUT2D eigenvalue weighted by Crippen LogP contribution is 2.26. The maximum Gasteiger partial charge on any atom is 0.264 e. The van der Waals surface area contributed by atoms with Gasteiger partial charge in [0.25, 0.3) is 20.0 Å². The zero-order valence-corrected chi connectivity index (χ0v) is 17.0. The van der Waals surface area contributed by atoms with E-state index in [1.165, 1.54) is 25.2 Å². The summed E-state index contributed by atoms with van der Waals surface area (Å²) in [6.07, 6.45) is 0. The zero-order valence-electron chi connectivity index (χ0n) is 15.4. The highest BCUT2D eigenvalue weighted by Gasteiger charge is 2.26. The van der Waals surface area contributed by atoms with E-state index in [1.807, 2.05) is 4.72 Å². The van der Waals surface area contributed by atoms with E-state index in [0.29, 0.717) is 17.8 Å². The van der Waals surface area contributed by atoms with Gasteiger partial charge in [0.1, 0.15) is 4.90 Å². The van der Waals surface area contributed by atoms with Gasteiger partial charge >= 0.3 is 0 Å². The number of sulfonamides is 2. The molecule has 6 nitrogen and oxygen atoms in total. The molecule has 0 aliphatic rings. The molecule has 0 radical (unpaired) electrons. The molecule has 0 spiro atoms. The van der Waals surface area contributed by atoms with Crippen LogP contribution in [-0.4, -0.2) is 23.9 Å². The van der Waals surface area contributed by atoms with Gasteiger partial charge in [-0.05, 0) is 42.5 Å². The van der Waals surface area contributed by atoms with Gasteiger partial charge in [0, 0.05) is 7.05 Å². The fraction of sp³-hybridized carbons (Fsp3) is 0.0526. The van der Waals surface area contributed by atoms with Gasteiger partial charge in [-0.3, -0.25) is 9.03 Å². The third-order valence-corrected chi connectivity index (χ3v) is 7.33. The molecule has 1 N–H and O–H groups in total. The van der Waals surface area contributed by atoms with Crippen molar-refractivity contribution in [3.8, 4) is 0 Å². The van der Waals surface area contributed by atoms with E-state index in [-0.39, 0.29) is 10.6 Å². The van der Waals surface area contributed by atoms with Gasteiger partial charge in [0.05, 0.1) is 16.3 Å². The number of nitrogens with one attached hydrogen (secondary N) is 1. The lowest BCUT2D eigenvalue weighted by atomic mass is 10.3. The molecule has 0 heterocycles. The number of benzene rings is 3. The van der Waals surface area contributed by atoms with Crippen molar-refractivity contribution in [1.29, 1.82) is 0 Å². The molecule has 158 valence electrons. The number of nitrogens with zero attached hydrogens (tertiary/aromatic N) is 1. The van der Waals surface area contributed by atoms with Crippen LogP contribution in [0.1, 0.15) is 0 Å². The number of halogens is 3. The second kappa shape index (κ2) is 8.00. The molecular weight excluding hydrogens is 441 g/mol. The smallest absolute Gasteiger partial charge is 0.264 e. The van der Waals surface area contributed by atoms with E-state index in [0.717, 1.165) is 10.4 Å². The first-order chi connectivity index (χ1) is 14.0. The Labute approximate surface area is 171 Å². The largest absolute Gasteiger partial charge is 0.279 e. The molecule has 0 amide bonds. The van der Waals surface area contributed by atoms with Gasteiger partial charge < -0.3 is 0 Å². The Morgan fingerprint density at radius 3 is 2.13 bits per heavy atom. The Bertz CT molecular complexity index is 1300. The first-order valence-corrected chi connectivity index (χ1v) is 11.3. The predicted octanol–water partition coefficient (Wildman–Crippen LogP) is 3.73. The summed E-state index contributed by atoms with van der Waals surface area (Å²) in [5.74, 6) is -5.35. The van der Waals surface area contributed by atoms with Crippen molar-refractivity contribution >= 4 is 31.4 Å². The van der Waals surface area contributed by atoms with Gasteiger partial charge in [0.2, 0.25) is 0 Å². The van der Waals surface area contributed by atoms with Gasteiger partial charge in [-0.2, -0.15) is 0 Å². The summed E-state index contributed by atoms with van der Waals surface area (Å²) in [6.45, 7) is 0. The van der Waals surface area contributed by atoms with Crippen LogP contribution < -0.4 is 9.03 Å². The fourth-order valence-corrected chi connectivity index (χ4v) is 4.94. The maximum absolute atomic E-state index is 13.9. The average molecular weight is 456 g/mol. The minimum atomic E-state index is -4.66. The topological polar surface area (TPSA) is 83.6 Å². The van der Waals surface area contributed by atoms with E-state index in [2.05, 4.69) is 0 Å². The predicted molar refractivity (Wildman–Crippen MR) is 106 cm³/mol. The molecule has 0 unspecified atom stereocenters. The van der Waals surface area contributed by atoms with Crippen molar-refractivity contribution in [1.82, 2.24) is 0 Å². The number of rotatable bonds is 6. The molecule has 0 fully saturated rings. The Morgan fingerprint density at radius 1 is 0.800 bits per heavy atom.